The van der Waals surface area contributed by atoms with E-state index in [-0.39, 0.29) is 5.82 Å². The van der Waals surface area contributed by atoms with Crippen LogP contribution < -0.4 is 11.1 Å². The van der Waals surface area contributed by atoms with E-state index in [0.29, 0.717) is 23.7 Å². The van der Waals surface area contributed by atoms with E-state index < -0.39 is 31.1 Å². The van der Waals surface area contributed by atoms with Crippen molar-refractivity contribution in [2.75, 3.05) is 24.2 Å². The zero-order chi connectivity index (χ0) is 21.1. The van der Waals surface area contributed by atoms with Gasteiger partial charge in [0.1, 0.15) is 24.6 Å². The number of nitrogen functional groups attached to an aromatic ring is 1. The van der Waals surface area contributed by atoms with Gasteiger partial charge in [-0.05, 0) is 24.8 Å². The summed E-state index contributed by atoms with van der Waals surface area (Å²) in [5.74, 6) is 0.615. The zero-order valence-corrected chi connectivity index (χ0v) is 16.4. The van der Waals surface area contributed by atoms with Crippen LogP contribution in [0.4, 0.5) is 11.8 Å². The van der Waals surface area contributed by atoms with E-state index >= 15 is 0 Å². The lowest BCUT2D eigenvalue weighted by Gasteiger charge is -2.19. The van der Waals surface area contributed by atoms with Gasteiger partial charge < -0.3 is 31.1 Å². The van der Waals surface area contributed by atoms with Crippen molar-refractivity contribution in [2.24, 2.45) is 0 Å². The fourth-order valence-electron chi connectivity index (χ4n) is 3.68. The summed E-state index contributed by atoms with van der Waals surface area (Å²) in [5.41, 5.74) is 7.99. The number of hydrogen-bond acceptors (Lipinski definition) is 9. The van der Waals surface area contributed by atoms with E-state index in [9.17, 15) is 15.3 Å². The summed E-state index contributed by atoms with van der Waals surface area (Å²) in [5, 5.41) is 33.3. The van der Waals surface area contributed by atoms with Crippen molar-refractivity contribution in [3.8, 4) is 0 Å². The molecule has 3 aromatic rings. The summed E-state index contributed by atoms with van der Waals surface area (Å²) in [6, 6.07) is 10.3. The summed E-state index contributed by atoms with van der Waals surface area (Å²) in [7, 11) is 0. The number of fused-ring (bicyclic) bond motifs is 1. The average Bonchev–Trinajstić information content (AvgIpc) is 3.26. The van der Waals surface area contributed by atoms with Gasteiger partial charge in [-0.2, -0.15) is 0 Å². The van der Waals surface area contributed by atoms with E-state index in [0.717, 1.165) is 19.3 Å². The Balaban J connectivity index is 1.51. The molecule has 0 aliphatic carbocycles. The molecule has 10 nitrogen and oxygen atoms in total. The number of nitrogens with one attached hydrogen (secondary N) is 1. The number of hydrogen-bond donors (Lipinski definition) is 5. The normalized spacial score (nSPS) is 23.8. The summed E-state index contributed by atoms with van der Waals surface area (Å²) in [6.45, 7) is 0.221. The molecule has 1 aliphatic heterocycles. The molecule has 1 aliphatic rings. The Kier molecular flexibility index (Phi) is 6.09. The Morgan fingerprint density at radius 1 is 1.10 bits per heavy atom. The van der Waals surface area contributed by atoms with E-state index in [4.69, 9.17) is 10.5 Å². The summed E-state index contributed by atoms with van der Waals surface area (Å²) < 4.78 is 7.25. The minimum atomic E-state index is -1.26. The van der Waals surface area contributed by atoms with Gasteiger partial charge in [-0.1, -0.05) is 30.3 Å². The second-order valence-electron chi connectivity index (χ2n) is 7.33. The molecule has 0 bridgehead atoms. The van der Waals surface area contributed by atoms with Gasteiger partial charge >= 0.3 is 0 Å². The Labute approximate surface area is 173 Å². The van der Waals surface area contributed by atoms with Gasteiger partial charge in [0, 0.05) is 6.54 Å². The van der Waals surface area contributed by atoms with Gasteiger partial charge in [0.05, 0.1) is 6.61 Å². The Morgan fingerprint density at radius 2 is 1.90 bits per heavy atom. The average molecular weight is 414 g/mol. The fraction of sp³-hybridized carbons (Fsp3) is 0.450. The number of rotatable bonds is 8. The molecule has 0 unspecified atom stereocenters. The molecule has 30 heavy (non-hydrogen) atoms. The highest BCUT2D eigenvalue weighted by Gasteiger charge is 2.45. The predicted molar refractivity (Wildman–Crippen MR) is 111 cm³/mol. The maximum Gasteiger partial charge on any atom is 0.207 e. The van der Waals surface area contributed by atoms with Crippen LogP contribution in [-0.2, 0) is 11.2 Å². The highest BCUT2D eigenvalue weighted by molar-refractivity contribution is 5.84. The third-order valence-electron chi connectivity index (χ3n) is 5.30. The zero-order valence-electron chi connectivity index (χ0n) is 16.4. The van der Waals surface area contributed by atoms with Crippen molar-refractivity contribution in [3.05, 3.63) is 42.2 Å². The fourth-order valence-corrected chi connectivity index (χ4v) is 3.68. The van der Waals surface area contributed by atoms with Crippen molar-refractivity contribution < 1.29 is 20.1 Å². The first kappa shape index (κ1) is 20.5. The van der Waals surface area contributed by atoms with Gasteiger partial charge in [-0.3, -0.25) is 4.57 Å². The van der Waals surface area contributed by atoms with Crippen LogP contribution in [-0.4, -0.2) is 66.3 Å². The molecule has 10 heteroatoms. The second kappa shape index (κ2) is 8.92. The highest BCUT2D eigenvalue weighted by Crippen LogP contribution is 2.35. The van der Waals surface area contributed by atoms with Gasteiger partial charge in [-0.15, -0.1) is 0 Å². The molecule has 160 valence electrons. The first-order chi connectivity index (χ1) is 14.6. The molecule has 0 spiro atoms. The SMILES string of the molecule is Nc1ncnc2c1nc(NCCCCc1ccccc1)n2[C@@H]1O[C@H](CO)[C@@H](O)[C@H]1O. The molecule has 0 amide bonds. The number of imidazole rings is 1. The van der Waals surface area contributed by atoms with Crippen LogP contribution in [0.1, 0.15) is 24.6 Å². The van der Waals surface area contributed by atoms with E-state index in [1.165, 1.54) is 11.9 Å². The number of nitrogens with zero attached hydrogens (tertiary/aromatic N) is 4. The molecular weight excluding hydrogens is 388 g/mol. The largest absolute Gasteiger partial charge is 0.394 e. The van der Waals surface area contributed by atoms with Gasteiger partial charge in [-0.25, -0.2) is 15.0 Å². The standard InChI is InChI=1S/C20H26N6O4/c21-17-14-18(24-11-23-17)26(19-16(29)15(28)13(10-27)30-19)20(25-14)22-9-5-4-8-12-6-2-1-3-7-12/h1-3,6-7,11,13,15-16,19,27-29H,4-5,8-10H2,(H,22,25)(H2,21,23,24)/t13-,15-,16-,19-/m1/s1. The minimum Gasteiger partial charge on any atom is -0.394 e. The number of nitrogens with two attached hydrogens (primary N) is 1. The van der Waals surface area contributed by atoms with E-state index in [1.807, 2.05) is 18.2 Å². The van der Waals surface area contributed by atoms with Gasteiger partial charge in [0.15, 0.2) is 23.2 Å². The molecule has 0 radical (unpaired) electrons. The van der Waals surface area contributed by atoms with Crippen LogP contribution in [0.25, 0.3) is 11.2 Å². The molecule has 3 heterocycles. The maximum absolute atomic E-state index is 10.5. The Hall–Kier alpha value is -2.79. The molecule has 4 rings (SSSR count). The second-order valence-corrected chi connectivity index (χ2v) is 7.33. The van der Waals surface area contributed by atoms with Crippen LogP contribution in [0.15, 0.2) is 36.7 Å². The van der Waals surface area contributed by atoms with Crippen LogP contribution in [0.2, 0.25) is 0 Å². The minimum absolute atomic E-state index is 0.206. The number of aryl methyl sites for hydroxylation is 1. The van der Waals surface area contributed by atoms with E-state index in [2.05, 4.69) is 32.4 Å². The van der Waals surface area contributed by atoms with Crippen LogP contribution in [0, 0.1) is 0 Å². The molecule has 0 saturated carbocycles. The molecule has 4 atom stereocenters. The third-order valence-corrected chi connectivity index (χ3v) is 5.30. The van der Waals surface area contributed by atoms with Gasteiger partial charge in [0.2, 0.25) is 5.95 Å². The van der Waals surface area contributed by atoms with Crippen LogP contribution in [0.3, 0.4) is 0 Å². The first-order valence-electron chi connectivity index (χ1n) is 9.98. The van der Waals surface area contributed by atoms with Crippen LogP contribution >= 0.6 is 0 Å². The monoisotopic (exact) mass is 414 g/mol. The lowest BCUT2D eigenvalue weighted by molar-refractivity contribution is -0.0501. The molecule has 1 fully saturated rings. The van der Waals surface area contributed by atoms with Crippen LogP contribution in [0.5, 0.6) is 0 Å². The number of aromatic nitrogens is 4. The Bertz CT molecular complexity index is 982. The number of ether oxygens (including phenoxy) is 1. The molecule has 1 saturated heterocycles. The molecule has 6 N–H and O–H groups in total. The summed E-state index contributed by atoms with van der Waals surface area (Å²) in [6.07, 6.45) is -0.178. The van der Waals surface area contributed by atoms with Crippen molar-refractivity contribution in [1.29, 1.82) is 0 Å². The number of unbranched alkanes of at least 4 members (excludes halogenated alkanes) is 1. The molecule has 1 aromatic carbocycles. The topological polar surface area (TPSA) is 152 Å². The number of aliphatic hydroxyl groups is 3. The van der Waals surface area contributed by atoms with Crippen molar-refractivity contribution in [1.82, 2.24) is 19.5 Å². The van der Waals surface area contributed by atoms with Gasteiger partial charge in [0.25, 0.3) is 0 Å². The van der Waals surface area contributed by atoms with Crippen molar-refractivity contribution in [2.45, 2.75) is 43.8 Å². The maximum atomic E-state index is 10.5. The number of aliphatic hydroxyl groups excluding tert-OH is 3. The summed E-state index contributed by atoms with van der Waals surface area (Å²) >= 11 is 0. The van der Waals surface area contributed by atoms with E-state index in [1.54, 1.807) is 4.57 Å². The lowest BCUT2D eigenvalue weighted by atomic mass is 10.1. The number of benzene rings is 1. The quantitative estimate of drug-likeness (QED) is 0.331. The number of anilines is 2. The Morgan fingerprint density at radius 3 is 2.63 bits per heavy atom. The molecule has 2 aromatic heterocycles. The lowest BCUT2D eigenvalue weighted by Crippen LogP contribution is -2.33. The highest BCUT2D eigenvalue weighted by atomic mass is 16.6. The predicted octanol–water partition coefficient (Wildman–Crippen LogP) is 0.455. The first-order valence-corrected chi connectivity index (χ1v) is 9.98. The molecular formula is C20H26N6O4. The van der Waals surface area contributed by atoms with Crippen molar-refractivity contribution >= 4 is 22.9 Å². The van der Waals surface area contributed by atoms with Crippen molar-refractivity contribution in [3.63, 3.8) is 0 Å². The smallest absolute Gasteiger partial charge is 0.207 e. The third kappa shape index (κ3) is 3.94. The summed E-state index contributed by atoms with van der Waals surface area (Å²) in [4.78, 5) is 12.7.